The molecule has 6 rings (SSSR count). The zero-order valence-electron chi connectivity index (χ0n) is 29.5. The maximum atomic E-state index is 14.4. The number of fused-ring (bicyclic) bond motifs is 1. The minimum absolute atomic E-state index is 0.0392. The number of ether oxygens (including phenoxy) is 3. The van der Waals surface area contributed by atoms with E-state index >= 15 is 0 Å². The van der Waals surface area contributed by atoms with Crippen LogP contribution in [0.2, 0.25) is 0 Å². The van der Waals surface area contributed by atoms with Gasteiger partial charge in [-0.25, -0.2) is 8.78 Å². The fraction of sp³-hybridized carbons (Fsp3) is 0.462. The number of aliphatic hydroxyl groups is 1. The van der Waals surface area contributed by atoms with Crippen molar-refractivity contribution in [3.8, 4) is 17.2 Å². The highest BCUT2D eigenvalue weighted by atomic mass is 19.1. The number of rotatable bonds is 17. The molecule has 0 spiro atoms. The Hall–Kier alpha value is -4.75. The van der Waals surface area contributed by atoms with Crippen molar-refractivity contribution in [3.63, 3.8) is 0 Å². The minimum atomic E-state index is -1.18. The van der Waals surface area contributed by atoms with Crippen molar-refractivity contribution in [1.29, 1.82) is 0 Å². The fourth-order valence-corrected chi connectivity index (χ4v) is 7.26. The van der Waals surface area contributed by atoms with Crippen molar-refractivity contribution in [1.82, 2.24) is 20.9 Å². The number of methoxy groups -OCH3 is 1. The first kappa shape index (κ1) is 37.0. The van der Waals surface area contributed by atoms with Crippen LogP contribution in [0.15, 0.2) is 60.7 Å². The smallest absolute Gasteiger partial charge is 0.249 e. The highest BCUT2D eigenvalue weighted by Gasteiger charge is 2.52. The van der Waals surface area contributed by atoms with Gasteiger partial charge in [-0.05, 0) is 91.1 Å². The van der Waals surface area contributed by atoms with Gasteiger partial charge in [-0.15, -0.1) is 0 Å². The van der Waals surface area contributed by atoms with E-state index in [1.54, 1.807) is 13.2 Å². The van der Waals surface area contributed by atoms with Crippen LogP contribution in [0.4, 0.5) is 8.78 Å². The molecule has 3 aromatic carbocycles. The van der Waals surface area contributed by atoms with Crippen LogP contribution in [0.3, 0.4) is 0 Å². The minimum Gasteiger partial charge on any atom is -0.497 e. The van der Waals surface area contributed by atoms with Gasteiger partial charge in [0, 0.05) is 32.6 Å². The lowest BCUT2D eigenvalue weighted by atomic mass is 9.90. The fourth-order valence-electron chi connectivity index (χ4n) is 7.26. The molecule has 1 aliphatic carbocycles. The third-order valence-electron chi connectivity index (χ3n) is 10.0. The molecule has 0 bridgehead atoms. The van der Waals surface area contributed by atoms with E-state index in [9.17, 15) is 28.3 Å². The van der Waals surface area contributed by atoms with Gasteiger partial charge in [0.05, 0.1) is 19.3 Å². The number of amides is 3. The van der Waals surface area contributed by atoms with Gasteiger partial charge in [0.25, 0.3) is 0 Å². The molecule has 4 atom stereocenters. The zero-order chi connectivity index (χ0) is 36.8. The number of halogens is 2. The Morgan fingerprint density at radius 1 is 1.02 bits per heavy atom. The van der Waals surface area contributed by atoms with Crippen LogP contribution < -0.4 is 30.2 Å². The van der Waals surface area contributed by atoms with E-state index in [0.29, 0.717) is 49.0 Å². The molecule has 52 heavy (non-hydrogen) atoms. The molecule has 0 unspecified atom stereocenters. The van der Waals surface area contributed by atoms with Crippen LogP contribution in [0.5, 0.6) is 17.2 Å². The molecule has 2 heterocycles. The summed E-state index contributed by atoms with van der Waals surface area (Å²) in [4.78, 5) is 42.6. The van der Waals surface area contributed by atoms with Crippen molar-refractivity contribution in [2.24, 2.45) is 5.92 Å². The van der Waals surface area contributed by atoms with Crippen molar-refractivity contribution < 1.29 is 42.5 Å². The van der Waals surface area contributed by atoms with E-state index < -0.39 is 41.3 Å². The predicted molar refractivity (Wildman–Crippen MR) is 188 cm³/mol. The number of likely N-dealkylation sites (tertiary alicyclic amines) is 1. The van der Waals surface area contributed by atoms with Crippen LogP contribution in [0.25, 0.3) is 0 Å². The van der Waals surface area contributed by atoms with Crippen LogP contribution in [-0.4, -0.2) is 78.4 Å². The SMILES string of the molecule is COc1cccc(CNC[C@@H](O)[C@H](Cc2cc(F)cc(F)c2)NC(=O)[C@H](CCc2ccc3c(c2)OCO3)N2CC[C@](CC3CC3)(NC(C)=O)C2=O)c1. The molecule has 13 heteroatoms. The van der Waals surface area contributed by atoms with E-state index in [-0.39, 0.29) is 50.1 Å². The summed E-state index contributed by atoms with van der Waals surface area (Å²) in [5, 5.41) is 20.5. The Morgan fingerprint density at radius 3 is 2.52 bits per heavy atom. The van der Waals surface area contributed by atoms with Gasteiger partial charge < -0.3 is 40.2 Å². The third-order valence-corrected chi connectivity index (χ3v) is 10.0. The molecule has 4 N–H and O–H groups in total. The van der Waals surface area contributed by atoms with E-state index in [1.165, 1.54) is 24.0 Å². The second-order valence-electron chi connectivity index (χ2n) is 14.0. The van der Waals surface area contributed by atoms with Crippen LogP contribution in [0, 0.1) is 17.6 Å². The first-order chi connectivity index (χ1) is 25.0. The number of nitrogens with one attached hydrogen (secondary N) is 3. The largest absolute Gasteiger partial charge is 0.497 e. The predicted octanol–water partition coefficient (Wildman–Crippen LogP) is 3.79. The quantitative estimate of drug-likeness (QED) is 0.165. The molecule has 3 aromatic rings. The Morgan fingerprint density at radius 2 is 1.79 bits per heavy atom. The van der Waals surface area contributed by atoms with Crippen molar-refractivity contribution in [2.75, 3.05) is 27.0 Å². The lowest BCUT2D eigenvalue weighted by Crippen LogP contribution is -2.59. The molecule has 0 aromatic heterocycles. The Kier molecular flexibility index (Phi) is 11.6. The van der Waals surface area contributed by atoms with Gasteiger partial charge in [0.15, 0.2) is 11.5 Å². The summed E-state index contributed by atoms with van der Waals surface area (Å²) in [6, 6.07) is 14.1. The average molecular weight is 721 g/mol. The maximum absolute atomic E-state index is 14.4. The summed E-state index contributed by atoms with van der Waals surface area (Å²) in [6.45, 7) is 2.17. The van der Waals surface area contributed by atoms with E-state index in [0.717, 1.165) is 30.0 Å². The van der Waals surface area contributed by atoms with Crippen molar-refractivity contribution in [3.05, 3.63) is 89.0 Å². The summed E-state index contributed by atoms with van der Waals surface area (Å²) < 4.78 is 44.8. The van der Waals surface area contributed by atoms with Crippen LogP contribution in [-0.2, 0) is 33.8 Å². The molecule has 3 amide bonds. The molecule has 2 fully saturated rings. The molecular formula is C39H46F2N4O7. The number of aryl methyl sites for hydroxylation is 1. The first-order valence-electron chi connectivity index (χ1n) is 17.8. The number of hydrogen-bond acceptors (Lipinski definition) is 8. The van der Waals surface area contributed by atoms with Gasteiger partial charge in [-0.2, -0.15) is 0 Å². The monoisotopic (exact) mass is 720 g/mol. The first-order valence-corrected chi connectivity index (χ1v) is 17.8. The highest BCUT2D eigenvalue weighted by Crippen LogP contribution is 2.41. The molecule has 278 valence electrons. The Bertz CT molecular complexity index is 1750. The molecular weight excluding hydrogens is 674 g/mol. The topological polar surface area (TPSA) is 138 Å². The molecule has 3 aliphatic rings. The lowest BCUT2D eigenvalue weighted by molar-refractivity contribution is -0.143. The standard InChI is InChI=1S/C39H46F2N4O7/c1-24(46)44-39(20-26-6-7-26)12-13-45(38(39)49)33(10-8-25-9-11-35-36(18-25)52-23-51-35)37(48)43-32(17-28-14-29(40)19-30(41)15-28)34(47)22-42-21-27-4-3-5-31(16-27)50-2/h3-5,9,11,14-16,18-19,26,32-34,42,47H,6-8,10,12-13,17,20-23H2,1-2H3,(H,43,48)(H,44,46)/t32-,33-,34+,39+/m0/s1. The van der Waals surface area contributed by atoms with Gasteiger partial charge in [-0.3, -0.25) is 14.4 Å². The van der Waals surface area contributed by atoms with Crippen molar-refractivity contribution in [2.45, 2.75) is 82.1 Å². The number of hydrogen-bond donors (Lipinski definition) is 4. The van der Waals surface area contributed by atoms with Gasteiger partial charge in [0.1, 0.15) is 29.0 Å². The Labute approximate surface area is 302 Å². The number of benzene rings is 3. The molecule has 2 aliphatic heterocycles. The molecule has 1 saturated heterocycles. The normalized spacial score (nSPS) is 19.6. The van der Waals surface area contributed by atoms with Crippen LogP contribution in [0.1, 0.15) is 55.7 Å². The second-order valence-corrected chi connectivity index (χ2v) is 14.0. The lowest BCUT2D eigenvalue weighted by Gasteiger charge is -2.33. The van der Waals surface area contributed by atoms with Gasteiger partial charge in [-0.1, -0.05) is 31.0 Å². The number of aliphatic hydroxyl groups excluding tert-OH is 1. The average Bonchev–Trinajstić information content (AvgIpc) is 3.70. The summed E-state index contributed by atoms with van der Waals surface area (Å²) >= 11 is 0. The zero-order valence-corrected chi connectivity index (χ0v) is 29.5. The van der Waals surface area contributed by atoms with Crippen LogP contribution >= 0.6 is 0 Å². The molecule has 0 radical (unpaired) electrons. The van der Waals surface area contributed by atoms with E-state index in [2.05, 4.69) is 16.0 Å². The highest BCUT2D eigenvalue weighted by molar-refractivity contribution is 5.96. The number of carbonyl (C=O) groups is 3. The number of carbonyl (C=O) groups excluding carboxylic acids is 3. The second kappa shape index (κ2) is 16.3. The summed E-state index contributed by atoms with van der Waals surface area (Å²) in [6.07, 6.45) is 2.19. The van der Waals surface area contributed by atoms with E-state index in [1.807, 2.05) is 36.4 Å². The Balaban J connectivity index is 1.24. The maximum Gasteiger partial charge on any atom is 0.249 e. The third kappa shape index (κ3) is 9.18. The summed E-state index contributed by atoms with van der Waals surface area (Å²) in [7, 11) is 1.57. The summed E-state index contributed by atoms with van der Waals surface area (Å²) in [5.74, 6) is -0.481. The molecule has 11 nitrogen and oxygen atoms in total. The molecule has 1 saturated carbocycles. The van der Waals surface area contributed by atoms with Gasteiger partial charge in [0.2, 0.25) is 24.5 Å². The number of nitrogens with zero attached hydrogens (tertiary/aromatic N) is 1. The van der Waals surface area contributed by atoms with E-state index in [4.69, 9.17) is 14.2 Å². The van der Waals surface area contributed by atoms with Crippen molar-refractivity contribution >= 4 is 17.7 Å². The summed E-state index contributed by atoms with van der Waals surface area (Å²) in [5.41, 5.74) is 0.919. The van der Waals surface area contributed by atoms with Gasteiger partial charge >= 0.3 is 0 Å².